The number of carbonyl (C=O) groups is 1. The fourth-order valence-corrected chi connectivity index (χ4v) is 3.33. The van der Waals surface area contributed by atoms with Crippen LogP contribution in [-0.4, -0.2) is 25.8 Å². The van der Waals surface area contributed by atoms with Gasteiger partial charge in [0.1, 0.15) is 5.82 Å². The molecule has 0 radical (unpaired) electrons. The summed E-state index contributed by atoms with van der Waals surface area (Å²) in [7, 11) is 0. The third kappa shape index (κ3) is 4.72. The van der Waals surface area contributed by atoms with Gasteiger partial charge < -0.3 is 5.11 Å². The molecule has 0 atom stereocenters. The lowest BCUT2D eigenvalue weighted by molar-refractivity contribution is -0.0245. The Morgan fingerprint density at radius 2 is 1.80 bits per heavy atom. The van der Waals surface area contributed by atoms with E-state index in [0.29, 0.717) is 37.2 Å². The van der Waals surface area contributed by atoms with Crippen molar-refractivity contribution in [3.63, 3.8) is 0 Å². The third-order valence-electron chi connectivity index (χ3n) is 5.00. The lowest BCUT2D eigenvalue weighted by Gasteiger charge is -2.11. The van der Waals surface area contributed by atoms with Crippen molar-refractivity contribution in [1.82, 2.24) is 14.8 Å². The van der Waals surface area contributed by atoms with Crippen LogP contribution >= 0.6 is 0 Å². The number of hydrogen-bond acceptors (Lipinski definition) is 3. The fraction of sp³-hybridized carbons (Fsp3) is 0.348. The molecule has 0 spiro atoms. The number of alkyl halides is 2. The molecule has 2 aromatic carbocycles. The molecule has 0 saturated carbocycles. The van der Waals surface area contributed by atoms with E-state index in [1.807, 2.05) is 38.1 Å². The lowest BCUT2D eigenvalue weighted by Crippen LogP contribution is -2.16. The first-order chi connectivity index (χ1) is 14.4. The quantitative estimate of drug-likeness (QED) is 0.500. The van der Waals surface area contributed by atoms with Crippen LogP contribution in [0.15, 0.2) is 48.5 Å². The summed E-state index contributed by atoms with van der Waals surface area (Å²) in [5, 5.41) is 13.4. The standard InChI is InChI=1S/C23H25F2N3O2/c1-3-5-14-23(24,25)22-26-20(28(4-2)27-22)15-16-10-12-17(13-11-16)18-8-6-7-9-19(18)21(29)30/h6-13H,3-5,14-15H2,1-2H3,(H,29,30). The van der Waals surface area contributed by atoms with Crippen LogP contribution in [-0.2, 0) is 18.9 Å². The largest absolute Gasteiger partial charge is 0.478 e. The van der Waals surface area contributed by atoms with E-state index < -0.39 is 17.7 Å². The Balaban J connectivity index is 1.83. The first-order valence-corrected chi connectivity index (χ1v) is 10.1. The fourth-order valence-electron chi connectivity index (χ4n) is 3.33. The van der Waals surface area contributed by atoms with Gasteiger partial charge in [0.15, 0.2) is 0 Å². The smallest absolute Gasteiger partial charge is 0.336 e. The van der Waals surface area contributed by atoms with E-state index in [1.165, 1.54) is 4.68 Å². The molecule has 0 aliphatic carbocycles. The predicted octanol–water partition coefficient (Wildman–Crippen LogP) is 5.54. The Morgan fingerprint density at radius 3 is 2.43 bits per heavy atom. The van der Waals surface area contributed by atoms with Crippen LogP contribution in [0, 0.1) is 0 Å². The minimum Gasteiger partial charge on any atom is -0.478 e. The van der Waals surface area contributed by atoms with Gasteiger partial charge >= 0.3 is 11.9 Å². The molecule has 7 heteroatoms. The van der Waals surface area contributed by atoms with Gasteiger partial charge in [-0.25, -0.2) is 14.5 Å². The summed E-state index contributed by atoms with van der Waals surface area (Å²) >= 11 is 0. The molecule has 3 rings (SSSR count). The molecular weight excluding hydrogens is 388 g/mol. The molecule has 0 aliphatic rings. The monoisotopic (exact) mass is 413 g/mol. The van der Waals surface area contributed by atoms with Crippen molar-refractivity contribution in [3.8, 4) is 11.1 Å². The second kappa shape index (κ2) is 9.15. The van der Waals surface area contributed by atoms with Gasteiger partial charge in [-0.15, -0.1) is 5.10 Å². The zero-order valence-corrected chi connectivity index (χ0v) is 17.1. The van der Waals surface area contributed by atoms with Gasteiger partial charge in [-0.1, -0.05) is 55.8 Å². The number of benzene rings is 2. The molecule has 1 heterocycles. The number of rotatable bonds is 9. The highest BCUT2D eigenvalue weighted by Crippen LogP contribution is 2.31. The van der Waals surface area contributed by atoms with Crippen LogP contribution in [0.5, 0.6) is 0 Å². The van der Waals surface area contributed by atoms with E-state index in [9.17, 15) is 18.7 Å². The Morgan fingerprint density at radius 1 is 1.10 bits per heavy atom. The molecule has 0 bridgehead atoms. The van der Waals surface area contributed by atoms with E-state index in [-0.39, 0.29) is 12.0 Å². The minimum absolute atomic E-state index is 0.231. The van der Waals surface area contributed by atoms with Crippen LogP contribution in [0.3, 0.4) is 0 Å². The molecule has 1 N–H and O–H groups in total. The first kappa shape index (κ1) is 21.6. The van der Waals surface area contributed by atoms with Gasteiger partial charge in [0.25, 0.3) is 0 Å². The maximum atomic E-state index is 14.4. The van der Waals surface area contributed by atoms with Gasteiger partial charge in [0, 0.05) is 19.4 Å². The highest BCUT2D eigenvalue weighted by atomic mass is 19.3. The summed E-state index contributed by atoms with van der Waals surface area (Å²) in [5.74, 6) is -3.94. The van der Waals surface area contributed by atoms with Crippen molar-refractivity contribution in [2.75, 3.05) is 0 Å². The second-order valence-corrected chi connectivity index (χ2v) is 7.20. The molecule has 1 aromatic heterocycles. The van der Waals surface area contributed by atoms with Crippen molar-refractivity contribution >= 4 is 5.97 Å². The van der Waals surface area contributed by atoms with Crippen molar-refractivity contribution in [1.29, 1.82) is 0 Å². The van der Waals surface area contributed by atoms with E-state index in [2.05, 4.69) is 10.1 Å². The second-order valence-electron chi connectivity index (χ2n) is 7.20. The van der Waals surface area contributed by atoms with Gasteiger partial charge in [0.05, 0.1) is 5.56 Å². The van der Waals surface area contributed by atoms with E-state index >= 15 is 0 Å². The number of unbranched alkanes of at least 4 members (excludes halogenated alkanes) is 1. The summed E-state index contributed by atoms with van der Waals surface area (Å²) < 4.78 is 30.3. The number of halogens is 2. The van der Waals surface area contributed by atoms with Crippen LogP contribution in [0.1, 0.15) is 60.7 Å². The van der Waals surface area contributed by atoms with E-state index in [1.54, 1.807) is 24.3 Å². The number of aromatic nitrogens is 3. The Labute approximate surface area is 174 Å². The van der Waals surface area contributed by atoms with Gasteiger partial charge in [-0.3, -0.25) is 0 Å². The maximum absolute atomic E-state index is 14.4. The van der Waals surface area contributed by atoms with Crippen molar-refractivity contribution in [3.05, 3.63) is 71.3 Å². The summed E-state index contributed by atoms with van der Waals surface area (Å²) in [5.41, 5.74) is 2.53. The SMILES string of the molecule is CCCCC(F)(F)c1nc(Cc2ccc(-c3ccccc3C(=O)O)cc2)n(CC)n1. The highest BCUT2D eigenvalue weighted by molar-refractivity contribution is 5.95. The molecule has 5 nitrogen and oxygen atoms in total. The Hall–Kier alpha value is -3.09. The Kier molecular flexibility index (Phi) is 6.59. The van der Waals surface area contributed by atoms with E-state index in [4.69, 9.17) is 0 Å². The summed E-state index contributed by atoms with van der Waals surface area (Å²) in [4.78, 5) is 15.6. The predicted molar refractivity (Wildman–Crippen MR) is 111 cm³/mol. The maximum Gasteiger partial charge on any atom is 0.336 e. The topological polar surface area (TPSA) is 68.0 Å². The molecule has 0 amide bonds. The summed E-state index contributed by atoms with van der Waals surface area (Å²) in [6, 6.07) is 14.2. The van der Waals surface area contributed by atoms with Crippen molar-refractivity contribution < 1.29 is 18.7 Å². The van der Waals surface area contributed by atoms with Crippen molar-refractivity contribution in [2.24, 2.45) is 0 Å². The number of carboxylic acid groups (broad SMARTS) is 1. The van der Waals surface area contributed by atoms with E-state index in [0.717, 1.165) is 11.1 Å². The number of aryl methyl sites for hydroxylation is 1. The number of nitrogens with zero attached hydrogens (tertiary/aromatic N) is 3. The highest BCUT2D eigenvalue weighted by Gasteiger charge is 2.36. The zero-order valence-electron chi connectivity index (χ0n) is 17.1. The number of aromatic carboxylic acids is 1. The molecule has 0 aliphatic heterocycles. The van der Waals surface area contributed by atoms with Crippen molar-refractivity contribution in [2.45, 2.75) is 52.0 Å². The molecule has 0 fully saturated rings. The zero-order chi connectivity index (χ0) is 21.7. The van der Waals surface area contributed by atoms with Gasteiger partial charge in [-0.2, -0.15) is 8.78 Å². The van der Waals surface area contributed by atoms with Crippen LogP contribution in [0.25, 0.3) is 11.1 Å². The normalized spacial score (nSPS) is 11.6. The van der Waals surface area contributed by atoms with Gasteiger partial charge in [0.2, 0.25) is 5.82 Å². The number of hydrogen-bond donors (Lipinski definition) is 1. The Bertz CT molecular complexity index is 1010. The summed E-state index contributed by atoms with van der Waals surface area (Å²) in [6.07, 6.45) is 1.22. The minimum atomic E-state index is -3.03. The molecule has 158 valence electrons. The average Bonchev–Trinajstić information content (AvgIpc) is 3.16. The molecule has 30 heavy (non-hydrogen) atoms. The lowest BCUT2D eigenvalue weighted by atomic mass is 9.98. The van der Waals surface area contributed by atoms with Crippen LogP contribution < -0.4 is 0 Å². The molecule has 0 saturated heterocycles. The first-order valence-electron chi connectivity index (χ1n) is 10.1. The molecule has 3 aromatic rings. The van der Waals surface area contributed by atoms with Gasteiger partial charge in [-0.05, 0) is 36.1 Å². The molecule has 0 unspecified atom stereocenters. The van der Waals surface area contributed by atoms with Crippen LogP contribution in [0.4, 0.5) is 8.78 Å². The molecular formula is C23H25F2N3O2. The third-order valence-corrected chi connectivity index (χ3v) is 5.00. The van der Waals surface area contributed by atoms with Crippen LogP contribution in [0.2, 0.25) is 0 Å². The number of carboxylic acids is 1. The average molecular weight is 413 g/mol. The summed E-state index contributed by atoms with van der Waals surface area (Å²) in [6.45, 7) is 4.17.